The molecule has 3 rings (SSSR count). The zero-order chi connectivity index (χ0) is 17.8. The topological polar surface area (TPSA) is 85.1 Å². The molecule has 2 aromatic carbocycles. The van der Waals surface area contributed by atoms with Crippen LogP contribution in [0.25, 0.3) is 0 Å². The van der Waals surface area contributed by atoms with Crippen molar-refractivity contribution in [2.24, 2.45) is 0 Å². The predicted molar refractivity (Wildman–Crippen MR) is 92.4 cm³/mol. The normalized spacial score (nSPS) is 10.4. The van der Waals surface area contributed by atoms with Gasteiger partial charge in [0.05, 0.1) is 4.92 Å². The molecule has 0 aliphatic carbocycles. The van der Waals surface area contributed by atoms with E-state index in [-0.39, 0.29) is 17.1 Å². The Morgan fingerprint density at radius 2 is 2.04 bits per heavy atom. The van der Waals surface area contributed by atoms with Crippen LogP contribution in [0.15, 0.2) is 54.7 Å². The molecule has 0 spiro atoms. The number of benzene rings is 2. The summed E-state index contributed by atoms with van der Waals surface area (Å²) in [5.74, 6) is -0.911. The fourth-order valence-electron chi connectivity index (χ4n) is 2.28. The standard InChI is InChI=1S/C17H12FN3O3S/c18-12-5-3-4-11(8-12)9-13-10-19-17(25-13)20-16(22)14-6-1-2-7-15(14)21(23)24/h1-8,10H,9H2,(H,19,20,22). The van der Waals surface area contributed by atoms with Crippen molar-refractivity contribution in [3.05, 3.63) is 86.7 Å². The van der Waals surface area contributed by atoms with E-state index in [2.05, 4.69) is 10.3 Å². The van der Waals surface area contributed by atoms with Crippen molar-refractivity contribution in [1.29, 1.82) is 0 Å². The summed E-state index contributed by atoms with van der Waals surface area (Å²) in [4.78, 5) is 27.6. The summed E-state index contributed by atoms with van der Waals surface area (Å²) < 4.78 is 13.2. The van der Waals surface area contributed by atoms with Gasteiger partial charge in [0, 0.05) is 23.6 Å². The third-order valence-corrected chi connectivity index (χ3v) is 4.30. The average molecular weight is 357 g/mol. The van der Waals surface area contributed by atoms with E-state index >= 15 is 0 Å². The van der Waals surface area contributed by atoms with Gasteiger partial charge >= 0.3 is 0 Å². The van der Waals surface area contributed by atoms with Crippen LogP contribution in [0.4, 0.5) is 15.2 Å². The molecule has 1 N–H and O–H groups in total. The summed E-state index contributed by atoms with van der Waals surface area (Å²) in [6.07, 6.45) is 2.07. The molecule has 1 amide bonds. The number of anilines is 1. The fraction of sp³-hybridized carbons (Fsp3) is 0.0588. The number of nitro benzene ring substituents is 1. The lowest BCUT2D eigenvalue weighted by Crippen LogP contribution is -2.13. The first-order valence-electron chi connectivity index (χ1n) is 7.27. The number of hydrogen-bond acceptors (Lipinski definition) is 5. The average Bonchev–Trinajstić information content (AvgIpc) is 3.01. The maximum atomic E-state index is 13.2. The molecule has 0 radical (unpaired) electrons. The molecule has 0 fully saturated rings. The van der Waals surface area contributed by atoms with Gasteiger partial charge in [-0.25, -0.2) is 9.37 Å². The van der Waals surface area contributed by atoms with Crippen LogP contribution in [0.2, 0.25) is 0 Å². The molecule has 0 saturated heterocycles. The lowest BCUT2D eigenvalue weighted by atomic mass is 10.1. The molecule has 1 aromatic heterocycles. The number of nitrogens with one attached hydrogen (secondary N) is 1. The smallest absolute Gasteiger partial charge is 0.282 e. The van der Waals surface area contributed by atoms with Gasteiger partial charge in [0.15, 0.2) is 5.13 Å². The molecule has 0 aliphatic rings. The number of nitrogens with zero attached hydrogens (tertiary/aromatic N) is 2. The Labute approximate surface area is 146 Å². The number of para-hydroxylation sites is 1. The van der Waals surface area contributed by atoms with Crippen molar-refractivity contribution in [2.75, 3.05) is 5.32 Å². The van der Waals surface area contributed by atoms with Gasteiger partial charge in [-0.2, -0.15) is 0 Å². The SMILES string of the molecule is O=C(Nc1ncc(Cc2cccc(F)c2)s1)c1ccccc1[N+](=O)[O-]. The van der Waals surface area contributed by atoms with Crippen LogP contribution in [0.1, 0.15) is 20.8 Å². The molecule has 0 saturated carbocycles. The third kappa shape index (κ3) is 4.04. The van der Waals surface area contributed by atoms with Gasteiger partial charge in [0.25, 0.3) is 11.6 Å². The molecule has 6 nitrogen and oxygen atoms in total. The number of aromatic nitrogens is 1. The molecule has 0 aliphatic heterocycles. The minimum absolute atomic E-state index is 0.0330. The Morgan fingerprint density at radius 1 is 1.24 bits per heavy atom. The monoisotopic (exact) mass is 357 g/mol. The van der Waals surface area contributed by atoms with E-state index < -0.39 is 10.8 Å². The maximum absolute atomic E-state index is 13.2. The lowest BCUT2D eigenvalue weighted by Gasteiger charge is -2.02. The van der Waals surface area contributed by atoms with Crippen LogP contribution in [0.3, 0.4) is 0 Å². The van der Waals surface area contributed by atoms with Crippen molar-refractivity contribution in [3.8, 4) is 0 Å². The van der Waals surface area contributed by atoms with Crippen molar-refractivity contribution in [1.82, 2.24) is 4.98 Å². The zero-order valence-electron chi connectivity index (χ0n) is 12.8. The van der Waals surface area contributed by atoms with Crippen molar-refractivity contribution >= 4 is 28.1 Å². The van der Waals surface area contributed by atoms with Crippen LogP contribution in [0.5, 0.6) is 0 Å². The van der Waals surface area contributed by atoms with Gasteiger partial charge in [0.1, 0.15) is 11.4 Å². The molecule has 3 aromatic rings. The molecule has 0 bridgehead atoms. The number of hydrogen-bond donors (Lipinski definition) is 1. The number of amides is 1. The molecule has 8 heteroatoms. The highest BCUT2D eigenvalue weighted by atomic mass is 32.1. The van der Waals surface area contributed by atoms with Crippen LogP contribution in [-0.4, -0.2) is 15.8 Å². The van der Waals surface area contributed by atoms with E-state index in [1.54, 1.807) is 24.4 Å². The molecule has 0 atom stereocenters. The first-order chi connectivity index (χ1) is 12.0. The Hall–Kier alpha value is -3.13. The van der Waals surface area contributed by atoms with E-state index in [0.717, 1.165) is 10.4 Å². The van der Waals surface area contributed by atoms with Gasteiger partial charge in [-0.15, -0.1) is 11.3 Å². The second kappa shape index (κ2) is 7.18. The van der Waals surface area contributed by atoms with Gasteiger partial charge in [0.2, 0.25) is 0 Å². The van der Waals surface area contributed by atoms with Crippen molar-refractivity contribution in [2.45, 2.75) is 6.42 Å². The highest BCUT2D eigenvalue weighted by Gasteiger charge is 2.20. The highest BCUT2D eigenvalue weighted by molar-refractivity contribution is 7.15. The van der Waals surface area contributed by atoms with E-state index in [0.29, 0.717) is 11.6 Å². The Kier molecular flexibility index (Phi) is 4.80. The first-order valence-corrected chi connectivity index (χ1v) is 8.08. The first kappa shape index (κ1) is 16.7. The zero-order valence-corrected chi connectivity index (χ0v) is 13.6. The highest BCUT2D eigenvalue weighted by Crippen LogP contribution is 2.24. The van der Waals surface area contributed by atoms with Gasteiger partial charge < -0.3 is 0 Å². The lowest BCUT2D eigenvalue weighted by molar-refractivity contribution is -0.385. The van der Waals surface area contributed by atoms with Crippen LogP contribution >= 0.6 is 11.3 Å². The number of carbonyl (C=O) groups excluding carboxylic acids is 1. The minimum atomic E-state index is -0.605. The van der Waals surface area contributed by atoms with Gasteiger partial charge in [-0.1, -0.05) is 24.3 Å². The van der Waals surface area contributed by atoms with Gasteiger partial charge in [-0.3, -0.25) is 20.2 Å². The van der Waals surface area contributed by atoms with Gasteiger partial charge in [-0.05, 0) is 23.8 Å². The van der Waals surface area contributed by atoms with Crippen LogP contribution < -0.4 is 5.32 Å². The Balaban J connectivity index is 1.73. The van der Waals surface area contributed by atoms with E-state index in [1.165, 1.54) is 41.7 Å². The molecular weight excluding hydrogens is 345 g/mol. The predicted octanol–water partition coefficient (Wildman–Crippen LogP) is 4.03. The molecular formula is C17H12FN3O3S. The summed E-state index contributed by atoms with van der Waals surface area (Å²) in [5, 5.41) is 13.9. The number of carbonyl (C=O) groups is 1. The largest absolute Gasteiger partial charge is 0.298 e. The number of thiazole rings is 1. The summed E-state index contributed by atoms with van der Waals surface area (Å²) >= 11 is 1.24. The minimum Gasteiger partial charge on any atom is -0.298 e. The van der Waals surface area contributed by atoms with Crippen molar-refractivity contribution in [3.63, 3.8) is 0 Å². The second-order valence-electron chi connectivity index (χ2n) is 5.17. The molecule has 25 heavy (non-hydrogen) atoms. The van der Waals surface area contributed by atoms with E-state index in [1.807, 2.05) is 0 Å². The molecule has 126 valence electrons. The molecule has 1 heterocycles. The summed E-state index contributed by atoms with van der Waals surface area (Å²) in [6.45, 7) is 0. The quantitative estimate of drug-likeness (QED) is 0.552. The maximum Gasteiger partial charge on any atom is 0.282 e. The van der Waals surface area contributed by atoms with Crippen LogP contribution in [0, 0.1) is 15.9 Å². The number of halogens is 1. The molecule has 0 unspecified atom stereocenters. The van der Waals surface area contributed by atoms with Crippen molar-refractivity contribution < 1.29 is 14.1 Å². The van der Waals surface area contributed by atoms with Crippen LogP contribution in [-0.2, 0) is 6.42 Å². The summed E-state index contributed by atoms with van der Waals surface area (Å²) in [7, 11) is 0. The van der Waals surface area contributed by atoms with E-state index in [9.17, 15) is 19.3 Å². The Morgan fingerprint density at radius 3 is 2.80 bits per heavy atom. The Bertz CT molecular complexity index is 942. The third-order valence-electron chi connectivity index (χ3n) is 3.39. The second-order valence-corrected chi connectivity index (χ2v) is 6.28. The summed E-state index contributed by atoms with van der Waals surface area (Å²) in [6, 6.07) is 11.9. The fourth-order valence-corrected chi connectivity index (χ4v) is 3.13. The number of rotatable bonds is 5. The van der Waals surface area contributed by atoms with E-state index in [4.69, 9.17) is 0 Å². The summed E-state index contributed by atoms with van der Waals surface area (Å²) in [5.41, 5.74) is 0.492. The number of nitro groups is 1.